The quantitative estimate of drug-likeness (QED) is 0.531. The summed E-state index contributed by atoms with van der Waals surface area (Å²) in [4.78, 5) is 22.4. The molecule has 0 aromatic carbocycles. The van der Waals surface area contributed by atoms with E-state index >= 15 is 0 Å². The number of hydrogen-bond donors (Lipinski definition) is 3. The summed E-state index contributed by atoms with van der Waals surface area (Å²) in [6, 6.07) is 0.181. The van der Waals surface area contributed by atoms with Gasteiger partial charge in [0, 0.05) is 6.04 Å². The van der Waals surface area contributed by atoms with Crippen LogP contribution in [0.15, 0.2) is 0 Å². The fourth-order valence-corrected chi connectivity index (χ4v) is 2.37. The Kier molecular flexibility index (Phi) is 8.84. The molecule has 1 atom stereocenters. The minimum absolute atomic E-state index is 0.0607. The molecule has 0 saturated carbocycles. The van der Waals surface area contributed by atoms with Crippen LogP contribution < -0.4 is 10.6 Å². The van der Waals surface area contributed by atoms with Crippen molar-refractivity contribution in [3.63, 3.8) is 0 Å². The van der Waals surface area contributed by atoms with E-state index in [0.29, 0.717) is 12.2 Å². The second kappa shape index (κ2) is 9.20. The van der Waals surface area contributed by atoms with Crippen LogP contribution in [-0.4, -0.2) is 47.1 Å². The van der Waals surface area contributed by atoms with Crippen molar-refractivity contribution in [3.05, 3.63) is 0 Å². The van der Waals surface area contributed by atoms with Gasteiger partial charge in [0.1, 0.15) is 5.54 Å². The number of aliphatic carboxylic acids is 1. The summed E-state index contributed by atoms with van der Waals surface area (Å²) in [7, 11) is 1.67. The molecule has 0 aliphatic heterocycles. The monoisotopic (exact) mass is 290 g/mol. The van der Waals surface area contributed by atoms with Crippen LogP contribution in [0, 0.1) is 0 Å². The fourth-order valence-electron chi connectivity index (χ4n) is 1.55. The maximum atomic E-state index is 11.4. The van der Waals surface area contributed by atoms with Gasteiger partial charge in [0.2, 0.25) is 5.91 Å². The van der Waals surface area contributed by atoms with Gasteiger partial charge in [0.15, 0.2) is 0 Å². The molecule has 0 rings (SSSR count). The van der Waals surface area contributed by atoms with Crippen molar-refractivity contribution in [3.8, 4) is 0 Å². The molecule has 0 radical (unpaired) electrons. The summed E-state index contributed by atoms with van der Waals surface area (Å²) >= 11 is 1.59. The Labute approximate surface area is 119 Å². The van der Waals surface area contributed by atoms with Gasteiger partial charge >= 0.3 is 5.97 Å². The third-order valence-corrected chi connectivity index (χ3v) is 3.97. The van der Waals surface area contributed by atoms with Crippen LogP contribution in [0.25, 0.3) is 0 Å². The molecule has 0 spiro atoms. The number of carbonyl (C=O) groups is 2. The van der Waals surface area contributed by atoms with Gasteiger partial charge in [-0.3, -0.25) is 9.59 Å². The van der Waals surface area contributed by atoms with E-state index in [1.807, 2.05) is 13.8 Å². The molecular weight excluding hydrogens is 264 g/mol. The van der Waals surface area contributed by atoms with E-state index in [9.17, 15) is 9.59 Å². The number of unbranched alkanes of at least 4 members (excludes halogenated alkanes) is 1. The molecule has 6 heteroatoms. The second-order valence-corrected chi connectivity index (χ2v) is 6.22. The average molecular weight is 290 g/mol. The molecule has 1 unspecified atom stereocenters. The highest BCUT2D eigenvalue weighted by Gasteiger charge is 2.29. The molecule has 0 aromatic rings. The summed E-state index contributed by atoms with van der Waals surface area (Å²) in [5.41, 5.74) is -0.848. The van der Waals surface area contributed by atoms with E-state index in [1.54, 1.807) is 25.7 Å². The Balaban J connectivity index is 3.66. The maximum Gasteiger partial charge on any atom is 0.323 e. The Morgan fingerprint density at radius 1 is 1.32 bits per heavy atom. The summed E-state index contributed by atoms with van der Waals surface area (Å²) in [6.07, 6.45) is 2.35. The van der Waals surface area contributed by atoms with Crippen LogP contribution in [0.2, 0.25) is 0 Å². The number of thioether (sulfide) groups is 1. The van der Waals surface area contributed by atoms with Crippen molar-refractivity contribution in [1.29, 1.82) is 0 Å². The molecule has 3 N–H and O–H groups in total. The van der Waals surface area contributed by atoms with Crippen LogP contribution >= 0.6 is 11.8 Å². The Morgan fingerprint density at radius 2 is 1.95 bits per heavy atom. The van der Waals surface area contributed by atoms with Gasteiger partial charge in [-0.2, -0.15) is 11.8 Å². The lowest BCUT2D eigenvalue weighted by molar-refractivity contribution is -0.144. The Hall–Kier alpha value is -0.750. The minimum Gasteiger partial charge on any atom is -0.480 e. The third kappa shape index (κ3) is 8.10. The number of nitrogens with one attached hydrogen (secondary N) is 2. The molecule has 0 aliphatic rings. The number of carboxylic acid groups (broad SMARTS) is 1. The lowest BCUT2D eigenvalue weighted by Crippen LogP contribution is -2.47. The number of carbonyl (C=O) groups excluding carboxylic acids is 1. The summed E-state index contributed by atoms with van der Waals surface area (Å²) in [5, 5.41) is 14.7. The molecule has 5 nitrogen and oxygen atoms in total. The summed E-state index contributed by atoms with van der Waals surface area (Å²) in [5.74, 6) is 0.593. The molecule has 0 saturated heterocycles. The predicted octanol–water partition coefficient (Wildman–Crippen LogP) is 1.48. The van der Waals surface area contributed by atoms with Crippen LogP contribution in [0.4, 0.5) is 0 Å². The molecule has 0 fully saturated rings. The first-order chi connectivity index (χ1) is 8.81. The molecule has 112 valence electrons. The SMILES string of the molecule is CNC(C)(CCCCSCC(=O)NC(C)C)C(=O)O. The topological polar surface area (TPSA) is 78.4 Å². The zero-order valence-corrected chi connectivity index (χ0v) is 13.1. The van der Waals surface area contributed by atoms with Crippen LogP contribution in [0.3, 0.4) is 0 Å². The summed E-state index contributed by atoms with van der Waals surface area (Å²) in [6.45, 7) is 5.57. The number of rotatable bonds is 10. The minimum atomic E-state index is -0.848. The Morgan fingerprint density at radius 3 is 2.42 bits per heavy atom. The van der Waals surface area contributed by atoms with Gasteiger partial charge in [-0.25, -0.2) is 0 Å². The molecule has 1 amide bonds. The maximum absolute atomic E-state index is 11.4. The van der Waals surface area contributed by atoms with E-state index in [1.165, 1.54) is 0 Å². The van der Waals surface area contributed by atoms with Crippen molar-refractivity contribution in [1.82, 2.24) is 10.6 Å². The van der Waals surface area contributed by atoms with Crippen LogP contribution in [0.5, 0.6) is 0 Å². The molecule has 0 aliphatic carbocycles. The zero-order chi connectivity index (χ0) is 14.9. The first kappa shape index (κ1) is 18.2. The average Bonchev–Trinajstić information content (AvgIpc) is 2.32. The lowest BCUT2D eigenvalue weighted by Gasteiger charge is -2.23. The summed E-state index contributed by atoms with van der Waals surface area (Å²) < 4.78 is 0. The van der Waals surface area contributed by atoms with E-state index in [0.717, 1.165) is 18.6 Å². The van der Waals surface area contributed by atoms with E-state index in [-0.39, 0.29) is 11.9 Å². The van der Waals surface area contributed by atoms with Crippen LogP contribution in [-0.2, 0) is 9.59 Å². The predicted molar refractivity (Wildman–Crippen MR) is 79.6 cm³/mol. The second-order valence-electron chi connectivity index (χ2n) is 5.12. The van der Waals surface area contributed by atoms with Gasteiger partial charge in [-0.15, -0.1) is 0 Å². The first-order valence-electron chi connectivity index (χ1n) is 6.61. The largest absolute Gasteiger partial charge is 0.480 e. The van der Waals surface area contributed by atoms with Gasteiger partial charge in [-0.1, -0.05) is 6.42 Å². The van der Waals surface area contributed by atoms with Gasteiger partial charge in [-0.05, 0) is 46.4 Å². The van der Waals surface area contributed by atoms with Crippen molar-refractivity contribution in [2.24, 2.45) is 0 Å². The van der Waals surface area contributed by atoms with Crippen molar-refractivity contribution >= 4 is 23.6 Å². The number of likely N-dealkylation sites (N-methyl/N-ethyl adjacent to an activating group) is 1. The highest BCUT2D eigenvalue weighted by molar-refractivity contribution is 7.99. The van der Waals surface area contributed by atoms with Crippen LogP contribution in [0.1, 0.15) is 40.0 Å². The fraction of sp³-hybridized carbons (Fsp3) is 0.846. The molecular formula is C13H26N2O3S. The zero-order valence-electron chi connectivity index (χ0n) is 12.3. The number of hydrogen-bond acceptors (Lipinski definition) is 4. The molecule has 0 heterocycles. The Bertz CT molecular complexity index is 298. The van der Waals surface area contributed by atoms with Crippen molar-refractivity contribution in [2.45, 2.75) is 51.6 Å². The number of amides is 1. The lowest BCUT2D eigenvalue weighted by atomic mass is 9.95. The third-order valence-electron chi connectivity index (χ3n) is 2.92. The molecule has 19 heavy (non-hydrogen) atoms. The highest BCUT2D eigenvalue weighted by Crippen LogP contribution is 2.15. The van der Waals surface area contributed by atoms with Crippen molar-refractivity contribution in [2.75, 3.05) is 18.6 Å². The first-order valence-corrected chi connectivity index (χ1v) is 7.76. The number of carboxylic acids is 1. The molecule has 0 bridgehead atoms. The van der Waals surface area contributed by atoms with Crippen molar-refractivity contribution < 1.29 is 14.7 Å². The van der Waals surface area contributed by atoms with E-state index in [2.05, 4.69) is 10.6 Å². The smallest absolute Gasteiger partial charge is 0.323 e. The molecule has 0 aromatic heterocycles. The van der Waals surface area contributed by atoms with E-state index < -0.39 is 11.5 Å². The van der Waals surface area contributed by atoms with Gasteiger partial charge in [0.05, 0.1) is 5.75 Å². The van der Waals surface area contributed by atoms with Gasteiger partial charge in [0.25, 0.3) is 0 Å². The standard InChI is InChI=1S/C13H26N2O3S/c1-10(2)15-11(16)9-19-8-6-5-7-13(3,14-4)12(17)18/h10,14H,5-9H2,1-4H3,(H,15,16)(H,17,18). The van der Waals surface area contributed by atoms with E-state index in [4.69, 9.17) is 5.11 Å². The highest BCUT2D eigenvalue weighted by atomic mass is 32.2. The normalized spacial score (nSPS) is 14.2. The van der Waals surface area contributed by atoms with Gasteiger partial charge < -0.3 is 15.7 Å².